The van der Waals surface area contributed by atoms with Gasteiger partial charge < -0.3 is 15.2 Å². The van der Waals surface area contributed by atoms with Gasteiger partial charge in [0.15, 0.2) is 0 Å². The van der Waals surface area contributed by atoms with Gasteiger partial charge in [-0.25, -0.2) is 4.79 Å². The lowest BCUT2D eigenvalue weighted by atomic mass is 9.86. The molecule has 114 valence electrons. The van der Waals surface area contributed by atoms with Gasteiger partial charge in [-0.2, -0.15) is 0 Å². The predicted molar refractivity (Wildman–Crippen MR) is 76.4 cm³/mol. The van der Waals surface area contributed by atoms with E-state index in [2.05, 4.69) is 5.32 Å². The van der Waals surface area contributed by atoms with Crippen molar-refractivity contribution in [2.75, 3.05) is 6.54 Å². The summed E-state index contributed by atoms with van der Waals surface area (Å²) in [6.07, 6.45) is 6.81. The zero-order chi connectivity index (χ0) is 15.2. The van der Waals surface area contributed by atoms with Crippen LogP contribution in [-0.4, -0.2) is 35.2 Å². The molecular formula is C15H25NO4. The highest BCUT2D eigenvalue weighted by atomic mass is 16.6. The maximum atomic E-state index is 11.6. The van der Waals surface area contributed by atoms with E-state index in [1.165, 1.54) is 6.08 Å². The number of carbonyl (C=O) groups is 2. The topological polar surface area (TPSA) is 75.6 Å². The first kappa shape index (κ1) is 16.7. The fourth-order valence-corrected chi connectivity index (χ4v) is 2.34. The van der Waals surface area contributed by atoms with Crippen molar-refractivity contribution in [3.63, 3.8) is 0 Å². The molecule has 0 saturated heterocycles. The van der Waals surface area contributed by atoms with E-state index in [-0.39, 0.29) is 12.5 Å². The summed E-state index contributed by atoms with van der Waals surface area (Å²) in [6.45, 7) is 5.79. The van der Waals surface area contributed by atoms with Gasteiger partial charge in [0.25, 0.3) is 0 Å². The van der Waals surface area contributed by atoms with Gasteiger partial charge in [-0.05, 0) is 52.4 Å². The fraction of sp³-hybridized carbons (Fsp3) is 0.733. The number of carboxylic acid groups (broad SMARTS) is 1. The highest BCUT2D eigenvalue weighted by molar-refractivity contribution is 5.79. The summed E-state index contributed by atoms with van der Waals surface area (Å²) in [5, 5.41) is 11.8. The maximum Gasteiger partial charge on any atom is 0.327 e. The number of ether oxygens (including phenoxy) is 1. The van der Waals surface area contributed by atoms with Crippen LogP contribution in [0.4, 0.5) is 0 Å². The monoisotopic (exact) mass is 283 g/mol. The normalized spacial score (nSPS) is 23.8. The van der Waals surface area contributed by atoms with E-state index in [0.29, 0.717) is 12.0 Å². The molecule has 0 unspecified atom stereocenters. The molecule has 0 aromatic rings. The van der Waals surface area contributed by atoms with Gasteiger partial charge in [-0.15, -0.1) is 0 Å². The highest BCUT2D eigenvalue weighted by Crippen LogP contribution is 2.25. The van der Waals surface area contributed by atoms with Gasteiger partial charge in [-0.1, -0.05) is 6.08 Å². The van der Waals surface area contributed by atoms with Crippen LogP contribution in [0.5, 0.6) is 0 Å². The minimum atomic E-state index is -0.893. The Morgan fingerprint density at radius 3 is 2.35 bits per heavy atom. The summed E-state index contributed by atoms with van der Waals surface area (Å²) in [4.78, 5) is 22.0. The Morgan fingerprint density at radius 1 is 1.25 bits per heavy atom. The van der Waals surface area contributed by atoms with E-state index in [0.717, 1.165) is 25.7 Å². The molecule has 5 heteroatoms. The molecule has 0 spiro atoms. The number of rotatable bonds is 5. The second-order valence-corrected chi connectivity index (χ2v) is 6.28. The quantitative estimate of drug-likeness (QED) is 0.597. The van der Waals surface area contributed by atoms with Crippen molar-refractivity contribution in [1.29, 1.82) is 0 Å². The van der Waals surface area contributed by atoms with Gasteiger partial charge in [-0.3, -0.25) is 4.79 Å². The smallest absolute Gasteiger partial charge is 0.327 e. The van der Waals surface area contributed by atoms with E-state index in [1.807, 2.05) is 20.8 Å². The van der Waals surface area contributed by atoms with Crippen molar-refractivity contribution in [1.82, 2.24) is 5.32 Å². The molecule has 0 atom stereocenters. The summed E-state index contributed by atoms with van der Waals surface area (Å²) in [5.41, 5.74) is -0.446. The van der Waals surface area contributed by atoms with Gasteiger partial charge in [0.2, 0.25) is 0 Å². The van der Waals surface area contributed by atoms with Gasteiger partial charge >= 0.3 is 11.9 Å². The fourth-order valence-electron chi connectivity index (χ4n) is 2.34. The zero-order valence-electron chi connectivity index (χ0n) is 12.5. The number of hydrogen-bond donors (Lipinski definition) is 2. The van der Waals surface area contributed by atoms with Crippen LogP contribution >= 0.6 is 0 Å². The number of aliphatic carboxylic acids is 1. The number of carboxylic acids is 1. The average molecular weight is 283 g/mol. The number of hydrogen-bond acceptors (Lipinski definition) is 4. The second-order valence-electron chi connectivity index (χ2n) is 6.28. The van der Waals surface area contributed by atoms with Crippen LogP contribution < -0.4 is 5.32 Å². The molecule has 0 heterocycles. The van der Waals surface area contributed by atoms with Crippen molar-refractivity contribution >= 4 is 11.9 Å². The molecule has 0 bridgehead atoms. The van der Waals surface area contributed by atoms with E-state index >= 15 is 0 Å². The molecule has 0 radical (unpaired) electrons. The van der Waals surface area contributed by atoms with Gasteiger partial charge in [0, 0.05) is 12.1 Å². The largest absolute Gasteiger partial charge is 0.478 e. The van der Waals surface area contributed by atoms with E-state index in [9.17, 15) is 9.59 Å². The highest BCUT2D eigenvalue weighted by Gasteiger charge is 2.21. The summed E-state index contributed by atoms with van der Waals surface area (Å²) in [7, 11) is 0. The molecule has 0 aliphatic heterocycles. The zero-order valence-corrected chi connectivity index (χ0v) is 12.5. The Morgan fingerprint density at radius 2 is 1.85 bits per heavy atom. The van der Waals surface area contributed by atoms with Crippen LogP contribution in [0.2, 0.25) is 0 Å². The first-order chi connectivity index (χ1) is 9.26. The molecule has 2 N–H and O–H groups in total. The average Bonchev–Trinajstić information content (AvgIpc) is 2.33. The van der Waals surface area contributed by atoms with E-state index < -0.39 is 11.6 Å². The minimum Gasteiger partial charge on any atom is -0.478 e. The van der Waals surface area contributed by atoms with Crippen LogP contribution in [-0.2, 0) is 14.3 Å². The molecule has 1 aliphatic carbocycles. The number of carbonyl (C=O) groups excluding carboxylic acids is 1. The first-order valence-corrected chi connectivity index (χ1v) is 7.12. The van der Waals surface area contributed by atoms with E-state index in [4.69, 9.17) is 9.84 Å². The number of nitrogens with one attached hydrogen (secondary N) is 1. The van der Waals surface area contributed by atoms with Crippen molar-refractivity contribution in [2.45, 2.75) is 58.1 Å². The van der Waals surface area contributed by atoms with Crippen molar-refractivity contribution in [3.05, 3.63) is 12.2 Å². The standard InChI is InChI=1S/C15H25NO4/c1-15(2,3)20-14(19)10-16-12-7-4-11(5-8-12)6-9-13(17)18/h6,9,11-12,16H,4-5,7-8,10H2,1-3H3,(H,17,18)/t11-,12-. The van der Waals surface area contributed by atoms with Crippen molar-refractivity contribution in [2.24, 2.45) is 5.92 Å². The molecule has 0 aromatic carbocycles. The molecule has 20 heavy (non-hydrogen) atoms. The van der Waals surface area contributed by atoms with Crippen molar-refractivity contribution in [3.8, 4) is 0 Å². The maximum absolute atomic E-state index is 11.6. The van der Waals surface area contributed by atoms with Crippen LogP contribution in [0.25, 0.3) is 0 Å². The molecule has 5 nitrogen and oxygen atoms in total. The van der Waals surface area contributed by atoms with Crippen molar-refractivity contribution < 1.29 is 19.4 Å². The molecule has 0 amide bonds. The minimum absolute atomic E-state index is 0.231. The molecule has 1 saturated carbocycles. The third kappa shape index (κ3) is 7.28. The van der Waals surface area contributed by atoms with Gasteiger partial charge in [0.1, 0.15) is 5.60 Å². The molecular weight excluding hydrogens is 258 g/mol. The predicted octanol–water partition coefficient (Wildman–Crippen LogP) is 2.12. The Bertz CT molecular complexity index is 363. The lowest BCUT2D eigenvalue weighted by Gasteiger charge is -2.28. The SMILES string of the molecule is CC(C)(C)OC(=O)CN[C@H]1CC[C@H](C=CC(=O)O)CC1. The molecule has 0 aromatic heterocycles. The third-order valence-corrected chi connectivity index (χ3v) is 3.24. The number of allylic oxidation sites excluding steroid dienone is 1. The third-order valence-electron chi connectivity index (χ3n) is 3.24. The first-order valence-electron chi connectivity index (χ1n) is 7.12. The molecule has 1 aliphatic rings. The van der Waals surface area contributed by atoms with Gasteiger partial charge in [0.05, 0.1) is 6.54 Å². The molecule has 1 fully saturated rings. The number of esters is 1. The summed E-state index contributed by atoms with van der Waals surface area (Å²) in [5.74, 6) is -0.786. The van der Waals surface area contributed by atoms with Crippen LogP contribution in [0.1, 0.15) is 46.5 Å². The van der Waals surface area contributed by atoms with Crippen LogP contribution in [0, 0.1) is 5.92 Å². The molecule has 1 rings (SSSR count). The van der Waals surface area contributed by atoms with E-state index in [1.54, 1.807) is 6.08 Å². The van der Waals surface area contributed by atoms with Crippen LogP contribution in [0.3, 0.4) is 0 Å². The lowest BCUT2D eigenvalue weighted by molar-refractivity contribution is -0.153. The Hall–Kier alpha value is -1.36. The lowest BCUT2D eigenvalue weighted by Crippen LogP contribution is -2.38. The summed E-state index contributed by atoms with van der Waals surface area (Å²) in [6, 6.07) is 0.317. The second kappa shape index (κ2) is 7.43. The summed E-state index contributed by atoms with van der Waals surface area (Å²) < 4.78 is 5.24. The van der Waals surface area contributed by atoms with Crippen LogP contribution in [0.15, 0.2) is 12.2 Å². The Balaban J connectivity index is 2.23. The Labute approximate surface area is 120 Å². The summed E-state index contributed by atoms with van der Waals surface area (Å²) >= 11 is 0. The Kier molecular flexibility index (Phi) is 6.20.